The summed E-state index contributed by atoms with van der Waals surface area (Å²) in [4.78, 5) is 26.4. The van der Waals surface area contributed by atoms with Gasteiger partial charge in [0.15, 0.2) is 0 Å². The number of hydrogen-bond donors (Lipinski definition) is 2. The number of anilines is 2. The first-order chi connectivity index (χ1) is 14.3. The summed E-state index contributed by atoms with van der Waals surface area (Å²) < 4.78 is 27.1. The number of benzene rings is 2. The van der Waals surface area contributed by atoms with Gasteiger partial charge in [0, 0.05) is 49.5 Å². The van der Waals surface area contributed by atoms with Crippen molar-refractivity contribution in [2.75, 3.05) is 43.9 Å². The van der Waals surface area contributed by atoms with E-state index in [4.69, 9.17) is 0 Å². The summed E-state index contributed by atoms with van der Waals surface area (Å²) in [5, 5.41) is 5.47. The maximum atomic E-state index is 12.8. The van der Waals surface area contributed by atoms with Crippen molar-refractivity contribution in [3.63, 3.8) is 0 Å². The Balaban J connectivity index is 1.68. The lowest BCUT2D eigenvalue weighted by Gasteiger charge is -2.31. The van der Waals surface area contributed by atoms with Gasteiger partial charge in [-0.25, -0.2) is 8.42 Å². The number of amides is 2. The van der Waals surface area contributed by atoms with E-state index in [0.717, 1.165) is 0 Å². The topological polar surface area (TPSA) is 98.8 Å². The van der Waals surface area contributed by atoms with Gasteiger partial charge in [-0.3, -0.25) is 9.59 Å². The van der Waals surface area contributed by atoms with Gasteiger partial charge in [-0.1, -0.05) is 13.0 Å². The summed E-state index contributed by atoms with van der Waals surface area (Å²) in [5.41, 5.74) is 1.42. The number of hydrogen-bond acceptors (Lipinski definition) is 5. The number of nitrogens with zero attached hydrogens (tertiary/aromatic N) is 2. The summed E-state index contributed by atoms with van der Waals surface area (Å²) in [6, 6.07) is 12.8. The normalized spacial score (nSPS) is 15.5. The summed E-state index contributed by atoms with van der Waals surface area (Å²) in [7, 11) is -1.58. The molecule has 160 valence electrons. The zero-order valence-corrected chi connectivity index (χ0v) is 17.9. The van der Waals surface area contributed by atoms with E-state index in [2.05, 4.69) is 15.5 Å². The van der Waals surface area contributed by atoms with Gasteiger partial charge in [0.25, 0.3) is 5.91 Å². The minimum atomic E-state index is -3.55. The van der Waals surface area contributed by atoms with Crippen molar-refractivity contribution in [1.82, 2.24) is 9.21 Å². The fourth-order valence-corrected chi connectivity index (χ4v) is 4.50. The van der Waals surface area contributed by atoms with Gasteiger partial charge < -0.3 is 15.5 Å². The third-order valence-corrected chi connectivity index (χ3v) is 6.85. The minimum Gasteiger partial charge on any atom is -0.326 e. The molecule has 9 heteroatoms. The number of piperazine rings is 1. The highest BCUT2D eigenvalue weighted by atomic mass is 32.2. The first kappa shape index (κ1) is 21.9. The van der Waals surface area contributed by atoms with Crippen LogP contribution in [0.3, 0.4) is 0 Å². The fraction of sp³-hybridized carbons (Fsp3) is 0.333. The van der Waals surface area contributed by atoms with Gasteiger partial charge >= 0.3 is 0 Å². The van der Waals surface area contributed by atoms with Gasteiger partial charge in [0.05, 0.1) is 4.90 Å². The Morgan fingerprint density at radius 2 is 1.60 bits per heavy atom. The van der Waals surface area contributed by atoms with E-state index in [9.17, 15) is 18.0 Å². The molecule has 1 saturated heterocycles. The largest absolute Gasteiger partial charge is 0.326 e. The average molecular weight is 431 g/mol. The second-order valence-electron chi connectivity index (χ2n) is 7.17. The Labute approximate surface area is 176 Å². The Kier molecular flexibility index (Phi) is 6.86. The summed E-state index contributed by atoms with van der Waals surface area (Å²) in [6.45, 7) is 4.07. The van der Waals surface area contributed by atoms with E-state index < -0.39 is 10.0 Å². The van der Waals surface area contributed by atoms with Gasteiger partial charge in [-0.2, -0.15) is 4.31 Å². The molecule has 1 fully saturated rings. The molecule has 0 radical (unpaired) electrons. The first-order valence-corrected chi connectivity index (χ1v) is 11.2. The zero-order valence-electron chi connectivity index (χ0n) is 17.1. The Bertz CT molecular complexity index is 1010. The number of likely N-dealkylation sites (N-methyl/N-ethyl adjacent to an activating group) is 1. The molecule has 2 amide bonds. The highest BCUT2D eigenvalue weighted by molar-refractivity contribution is 7.89. The lowest BCUT2D eigenvalue weighted by Crippen LogP contribution is -2.46. The monoisotopic (exact) mass is 430 g/mol. The van der Waals surface area contributed by atoms with Crippen LogP contribution in [0, 0.1) is 0 Å². The lowest BCUT2D eigenvalue weighted by atomic mass is 10.1. The van der Waals surface area contributed by atoms with Crippen LogP contribution in [0.25, 0.3) is 0 Å². The predicted octanol–water partition coefficient (Wildman–Crippen LogP) is 2.22. The molecule has 8 nitrogen and oxygen atoms in total. The molecule has 1 aliphatic heterocycles. The Hall–Kier alpha value is -2.75. The van der Waals surface area contributed by atoms with Crippen LogP contribution in [0.1, 0.15) is 23.7 Å². The maximum Gasteiger partial charge on any atom is 0.255 e. The molecule has 0 aromatic heterocycles. The maximum absolute atomic E-state index is 12.8. The molecular formula is C21H26N4O4S. The average Bonchev–Trinajstić information content (AvgIpc) is 2.74. The zero-order chi connectivity index (χ0) is 21.7. The van der Waals surface area contributed by atoms with Crippen LogP contribution in [0.15, 0.2) is 53.4 Å². The highest BCUT2D eigenvalue weighted by Crippen LogP contribution is 2.20. The molecule has 0 aliphatic carbocycles. The highest BCUT2D eigenvalue weighted by Gasteiger charge is 2.27. The van der Waals surface area contributed by atoms with Crippen LogP contribution in [0.5, 0.6) is 0 Å². The smallest absolute Gasteiger partial charge is 0.255 e. The molecule has 0 atom stereocenters. The lowest BCUT2D eigenvalue weighted by molar-refractivity contribution is -0.115. The quantitative estimate of drug-likeness (QED) is 0.732. The first-order valence-electron chi connectivity index (χ1n) is 9.79. The molecule has 0 unspecified atom stereocenters. The summed E-state index contributed by atoms with van der Waals surface area (Å²) >= 11 is 0. The molecule has 1 heterocycles. The van der Waals surface area contributed by atoms with Gasteiger partial charge in [-0.05, 0) is 49.5 Å². The number of carbonyl (C=O) groups excluding carboxylic acids is 2. The van der Waals surface area contributed by atoms with Crippen LogP contribution in [0.4, 0.5) is 11.4 Å². The van der Waals surface area contributed by atoms with E-state index in [1.54, 1.807) is 43.3 Å². The van der Waals surface area contributed by atoms with Crippen molar-refractivity contribution < 1.29 is 18.0 Å². The predicted molar refractivity (Wildman–Crippen MR) is 116 cm³/mol. The molecule has 0 spiro atoms. The minimum absolute atomic E-state index is 0.135. The molecule has 1 aliphatic rings. The van der Waals surface area contributed by atoms with Crippen LogP contribution in [-0.2, 0) is 14.8 Å². The van der Waals surface area contributed by atoms with Crippen molar-refractivity contribution in [3.8, 4) is 0 Å². The SMILES string of the molecule is CCC(=O)Nc1cccc(C(=O)Nc2ccc(S(=O)(=O)N3CCN(C)CC3)cc2)c1. The second kappa shape index (κ2) is 9.38. The Morgan fingerprint density at radius 3 is 2.23 bits per heavy atom. The molecule has 0 saturated carbocycles. The number of carbonyl (C=O) groups is 2. The molecule has 2 N–H and O–H groups in total. The van der Waals surface area contributed by atoms with Crippen molar-refractivity contribution in [2.24, 2.45) is 0 Å². The summed E-state index contributed by atoms with van der Waals surface area (Å²) in [6.07, 6.45) is 0.347. The number of sulfonamides is 1. The van der Waals surface area contributed by atoms with Crippen molar-refractivity contribution >= 4 is 33.2 Å². The van der Waals surface area contributed by atoms with Gasteiger partial charge in [0.2, 0.25) is 15.9 Å². The third kappa shape index (κ3) is 5.24. The molecule has 2 aromatic rings. The molecule has 30 heavy (non-hydrogen) atoms. The van der Waals surface area contributed by atoms with Crippen molar-refractivity contribution in [1.29, 1.82) is 0 Å². The van der Waals surface area contributed by atoms with E-state index in [0.29, 0.717) is 49.5 Å². The van der Waals surface area contributed by atoms with E-state index in [-0.39, 0.29) is 16.7 Å². The standard InChI is InChI=1S/C21H26N4O4S/c1-3-20(26)22-18-6-4-5-16(15-18)21(27)23-17-7-9-19(10-8-17)30(28,29)25-13-11-24(2)12-14-25/h4-10,15H,3,11-14H2,1-2H3,(H,22,26)(H,23,27). The van der Waals surface area contributed by atoms with Crippen LogP contribution in [-0.4, -0.2) is 62.7 Å². The second-order valence-corrected chi connectivity index (χ2v) is 9.11. The van der Waals surface area contributed by atoms with Crippen LogP contribution < -0.4 is 10.6 Å². The van der Waals surface area contributed by atoms with Crippen LogP contribution in [0.2, 0.25) is 0 Å². The van der Waals surface area contributed by atoms with Crippen LogP contribution >= 0.6 is 0 Å². The van der Waals surface area contributed by atoms with Crippen molar-refractivity contribution in [2.45, 2.75) is 18.2 Å². The molecule has 2 aromatic carbocycles. The third-order valence-electron chi connectivity index (χ3n) is 4.94. The van der Waals surface area contributed by atoms with Gasteiger partial charge in [0.1, 0.15) is 0 Å². The molecule has 3 rings (SSSR count). The Morgan fingerprint density at radius 1 is 0.933 bits per heavy atom. The number of nitrogens with one attached hydrogen (secondary N) is 2. The molecular weight excluding hydrogens is 404 g/mol. The van der Waals surface area contributed by atoms with E-state index >= 15 is 0 Å². The van der Waals surface area contributed by atoms with E-state index in [1.165, 1.54) is 16.4 Å². The van der Waals surface area contributed by atoms with Crippen molar-refractivity contribution in [3.05, 3.63) is 54.1 Å². The summed E-state index contributed by atoms with van der Waals surface area (Å²) in [5.74, 6) is -0.484. The fourth-order valence-electron chi connectivity index (χ4n) is 3.08. The van der Waals surface area contributed by atoms with Gasteiger partial charge in [-0.15, -0.1) is 0 Å². The number of rotatable bonds is 6. The molecule has 0 bridgehead atoms. The van der Waals surface area contributed by atoms with E-state index in [1.807, 2.05) is 7.05 Å².